The van der Waals surface area contributed by atoms with Crippen molar-refractivity contribution in [2.45, 2.75) is 19.9 Å². The van der Waals surface area contributed by atoms with Crippen molar-refractivity contribution in [3.8, 4) is 5.75 Å². The van der Waals surface area contributed by atoms with Crippen molar-refractivity contribution in [2.75, 3.05) is 18.5 Å². The van der Waals surface area contributed by atoms with Gasteiger partial charge in [0, 0.05) is 16.2 Å². The molecule has 2 aliphatic heterocycles. The van der Waals surface area contributed by atoms with Crippen LogP contribution in [0.2, 0.25) is 0 Å². The number of nitrogens with zero attached hydrogens (tertiary/aromatic N) is 2. The summed E-state index contributed by atoms with van der Waals surface area (Å²) in [6, 6.07) is 11.0. The zero-order valence-electron chi connectivity index (χ0n) is 18.4. The van der Waals surface area contributed by atoms with Crippen molar-refractivity contribution in [1.29, 1.82) is 0 Å². The lowest BCUT2D eigenvalue weighted by atomic mass is 9.94. The lowest BCUT2D eigenvalue weighted by molar-refractivity contribution is -0.139. The van der Waals surface area contributed by atoms with Gasteiger partial charge in [0.15, 0.2) is 11.8 Å². The SMILES string of the molecule is CCOC(=O)C1=C(C)N=C2SC=CN2[C@@H]1c1ccccc1OCC(=O)Nc1ccc(Br)cc1F. The lowest BCUT2D eigenvalue weighted by Gasteiger charge is -2.34. The molecule has 1 amide bonds. The Morgan fingerprint density at radius 2 is 2.06 bits per heavy atom. The molecule has 0 aliphatic carbocycles. The molecule has 0 aromatic heterocycles. The van der Waals surface area contributed by atoms with Crippen molar-refractivity contribution >= 4 is 50.4 Å². The number of nitrogens with one attached hydrogen (secondary N) is 1. The van der Waals surface area contributed by atoms with E-state index in [2.05, 4.69) is 26.2 Å². The number of esters is 1. The number of amides is 1. The Balaban J connectivity index is 1.59. The standard InChI is InChI=1S/C24H21BrFN3O4S/c1-3-32-23(31)21-14(2)27-24-29(10-11-34-24)22(21)16-6-4-5-7-19(16)33-13-20(30)28-18-9-8-15(25)12-17(18)26/h4-12,22H,3,13H2,1-2H3,(H,28,30)/t22-/m1/s1. The molecular weight excluding hydrogens is 525 g/mol. The molecule has 34 heavy (non-hydrogen) atoms. The van der Waals surface area contributed by atoms with Gasteiger partial charge in [0.25, 0.3) is 5.91 Å². The Bertz CT molecular complexity index is 1230. The molecule has 1 atom stereocenters. The van der Waals surface area contributed by atoms with E-state index < -0.39 is 23.7 Å². The summed E-state index contributed by atoms with van der Waals surface area (Å²) in [6.45, 7) is 3.40. The summed E-state index contributed by atoms with van der Waals surface area (Å²) >= 11 is 4.63. The number of carbonyl (C=O) groups is 2. The zero-order valence-corrected chi connectivity index (χ0v) is 20.8. The van der Waals surface area contributed by atoms with Crippen LogP contribution in [0.25, 0.3) is 0 Å². The van der Waals surface area contributed by atoms with Gasteiger partial charge in [-0.05, 0) is 43.5 Å². The summed E-state index contributed by atoms with van der Waals surface area (Å²) in [5.74, 6) is -1.12. The summed E-state index contributed by atoms with van der Waals surface area (Å²) in [5, 5.41) is 5.12. The van der Waals surface area contributed by atoms with Crippen LogP contribution < -0.4 is 10.1 Å². The number of fused-ring (bicyclic) bond motifs is 1. The average Bonchev–Trinajstić information content (AvgIpc) is 3.27. The highest BCUT2D eigenvalue weighted by Crippen LogP contribution is 2.43. The van der Waals surface area contributed by atoms with Gasteiger partial charge >= 0.3 is 5.97 Å². The minimum absolute atomic E-state index is 0.0561. The van der Waals surface area contributed by atoms with Gasteiger partial charge in [-0.3, -0.25) is 4.79 Å². The molecule has 7 nitrogen and oxygen atoms in total. The van der Waals surface area contributed by atoms with Crippen LogP contribution in [0.4, 0.5) is 10.1 Å². The highest BCUT2D eigenvalue weighted by atomic mass is 79.9. The van der Waals surface area contributed by atoms with Crippen molar-refractivity contribution in [2.24, 2.45) is 4.99 Å². The molecule has 2 aliphatic rings. The molecule has 2 aromatic rings. The minimum atomic E-state index is -0.560. The number of thioether (sulfide) groups is 1. The van der Waals surface area contributed by atoms with Crippen molar-refractivity contribution in [3.05, 3.63) is 81.2 Å². The predicted octanol–water partition coefficient (Wildman–Crippen LogP) is 5.37. The third-order valence-electron chi connectivity index (χ3n) is 5.09. The van der Waals surface area contributed by atoms with Crippen LogP contribution in [0.1, 0.15) is 25.5 Å². The molecule has 0 spiro atoms. The molecule has 2 heterocycles. The Morgan fingerprint density at radius 1 is 1.26 bits per heavy atom. The van der Waals surface area contributed by atoms with Gasteiger partial charge in [0.2, 0.25) is 0 Å². The topological polar surface area (TPSA) is 80.2 Å². The maximum absolute atomic E-state index is 14.1. The van der Waals surface area contributed by atoms with E-state index in [1.54, 1.807) is 32.0 Å². The number of amidine groups is 1. The monoisotopic (exact) mass is 545 g/mol. The maximum atomic E-state index is 14.1. The van der Waals surface area contributed by atoms with E-state index in [1.807, 2.05) is 28.6 Å². The quantitative estimate of drug-likeness (QED) is 0.471. The van der Waals surface area contributed by atoms with E-state index in [0.29, 0.717) is 27.1 Å². The number of carbonyl (C=O) groups excluding carboxylic acids is 2. The molecule has 1 N–H and O–H groups in total. The summed E-state index contributed by atoms with van der Waals surface area (Å²) in [4.78, 5) is 31.8. The van der Waals surface area contributed by atoms with Crippen LogP contribution in [-0.2, 0) is 14.3 Å². The number of hydrogen-bond donors (Lipinski definition) is 1. The first-order chi connectivity index (χ1) is 16.4. The summed E-state index contributed by atoms with van der Waals surface area (Å²) in [5.41, 5.74) is 1.69. The second-order valence-electron chi connectivity index (χ2n) is 7.33. The number of benzene rings is 2. The van der Waals surface area contributed by atoms with Crippen LogP contribution >= 0.6 is 27.7 Å². The van der Waals surface area contributed by atoms with Gasteiger partial charge in [-0.25, -0.2) is 14.2 Å². The molecule has 0 bridgehead atoms. The van der Waals surface area contributed by atoms with Crippen LogP contribution in [0, 0.1) is 5.82 Å². The molecule has 10 heteroatoms. The fraction of sp³-hybridized carbons (Fsp3) is 0.208. The normalized spacial score (nSPS) is 16.8. The number of para-hydroxylation sites is 1. The molecule has 176 valence electrons. The Labute approximate surface area is 208 Å². The van der Waals surface area contributed by atoms with E-state index in [-0.39, 0.29) is 18.9 Å². The molecule has 0 saturated carbocycles. The van der Waals surface area contributed by atoms with Gasteiger partial charge in [0.05, 0.1) is 29.6 Å². The highest BCUT2D eigenvalue weighted by molar-refractivity contribution is 9.10. The summed E-state index contributed by atoms with van der Waals surface area (Å²) < 4.78 is 25.8. The highest BCUT2D eigenvalue weighted by Gasteiger charge is 2.38. The molecule has 0 unspecified atom stereocenters. The van der Waals surface area contributed by atoms with E-state index in [0.717, 1.165) is 5.17 Å². The lowest BCUT2D eigenvalue weighted by Crippen LogP contribution is -2.34. The van der Waals surface area contributed by atoms with Gasteiger partial charge in [-0.1, -0.05) is 45.9 Å². The van der Waals surface area contributed by atoms with E-state index in [1.165, 1.54) is 23.9 Å². The molecular formula is C24H21BrFN3O4S. The largest absolute Gasteiger partial charge is 0.483 e. The Kier molecular flexibility index (Phi) is 7.38. The van der Waals surface area contributed by atoms with Crippen LogP contribution in [0.5, 0.6) is 5.75 Å². The molecule has 4 rings (SSSR count). The van der Waals surface area contributed by atoms with Gasteiger partial charge in [-0.15, -0.1) is 0 Å². The van der Waals surface area contributed by atoms with Gasteiger partial charge in [0.1, 0.15) is 11.6 Å². The third-order valence-corrected chi connectivity index (χ3v) is 6.36. The third kappa shape index (κ3) is 5.02. The number of allylic oxidation sites excluding steroid dienone is 1. The zero-order chi connectivity index (χ0) is 24.2. The molecule has 2 aromatic carbocycles. The predicted molar refractivity (Wildman–Crippen MR) is 133 cm³/mol. The number of ether oxygens (including phenoxy) is 2. The Morgan fingerprint density at radius 3 is 2.82 bits per heavy atom. The minimum Gasteiger partial charge on any atom is -0.483 e. The number of anilines is 1. The first-order valence-electron chi connectivity index (χ1n) is 10.4. The van der Waals surface area contributed by atoms with Crippen molar-refractivity contribution in [1.82, 2.24) is 4.90 Å². The summed E-state index contributed by atoms with van der Waals surface area (Å²) in [6.07, 6.45) is 1.85. The van der Waals surface area contributed by atoms with Crippen LogP contribution in [0.15, 0.2) is 74.8 Å². The molecule has 0 saturated heterocycles. The van der Waals surface area contributed by atoms with E-state index in [9.17, 15) is 14.0 Å². The van der Waals surface area contributed by atoms with Crippen LogP contribution in [-0.4, -0.2) is 35.2 Å². The number of hydrogen-bond acceptors (Lipinski definition) is 7. The van der Waals surface area contributed by atoms with Crippen LogP contribution in [0.3, 0.4) is 0 Å². The molecule has 0 fully saturated rings. The maximum Gasteiger partial charge on any atom is 0.338 e. The number of rotatable bonds is 7. The smallest absolute Gasteiger partial charge is 0.338 e. The second-order valence-corrected chi connectivity index (χ2v) is 9.11. The van der Waals surface area contributed by atoms with E-state index >= 15 is 0 Å². The molecule has 0 radical (unpaired) electrons. The number of halogens is 2. The van der Waals surface area contributed by atoms with E-state index in [4.69, 9.17) is 9.47 Å². The first kappa shape index (κ1) is 24.0. The van der Waals surface area contributed by atoms with Gasteiger partial charge < -0.3 is 19.7 Å². The van der Waals surface area contributed by atoms with Crippen molar-refractivity contribution in [3.63, 3.8) is 0 Å². The average molecular weight is 546 g/mol. The number of aliphatic imine (C=N–C) groups is 1. The summed E-state index contributed by atoms with van der Waals surface area (Å²) in [7, 11) is 0. The van der Waals surface area contributed by atoms with Crippen molar-refractivity contribution < 1.29 is 23.5 Å². The fourth-order valence-electron chi connectivity index (χ4n) is 3.63. The fourth-order valence-corrected chi connectivity index (χ4v) is 4.76. The Hall–Kier alpha value is -3.11. The second kappa shape index (κ2) is 10.4. The first-order valence-corrected chi connectivity index (χ1v) is 12.1. The van der Waals surface area contributed by atoms with Gasteiger partial charge in [-0.2, -0.15) is 0 Å².